The molecule has 1 atom stereocenters. The zero-order chi connectivity index (χ0) is 15.6. The molecule has 22 heavy (non-hydrogen) atoms. The monoisotopic (exact) mass is 305 g/mol. The maximum atomic E-state index is 12.2. The number of nitrogens with zero attached hydrogens (tertiary/aromatic N) is 2. The van der Waals surface area contributed by atoms with Gasteiger partial charge in [-0.25, -0.2) is 4.98 Å². The Morgan fingerprint density at radius 1 is 1.55 bits per heavy atom. The molecule has 2 fully saturated rings. The fourth-order valence-corrected chi connectivity index (χ4v) is 3.66. The van der Waals surface area contributed by atoms with E-state index in [1.807, 2.05) is 13.1 Å². The number of amides is 1. The van der Waals surface area contributed by atoms with Crippen molar-refractivity contribution in [1.82, 2.24) is 20.2 Å². The maximum Gasteiger partial charge on any atom is 0.240 e. The maximum absolute atomic E-state index is 12.2. The van der Waals surface area contributed by atoms with Gasteiger partial charge in [0.1, 0.15) is 5.82 Å². The summed E-state index contributed by atoms with van der Waals surface area (Å²) in [6.45, 7) is 5.72. The fraction of sp³-hybridized carbons (Fsp3) is 0.750. The Hall–Kier alpha value is -1.40. The number of nitrogens with two attached hydrogens (primary N) is 1. The van der Waals surface area contributed by atoms with Gasteiger partial charge in [0.2, 0.25) is 5.91 Å². The fourth-order valence-electron chi connectivity index (χ4n) is 3.66. The zero-order valence-corrected chi connectivity index (χ0v) is 13.4. The first-order valence-corrected chi connectivity index (χ1v) is 8.35. The number of likely N-dealkylation sites (tertiary alicyclic amines) is 1. The Kier molecular flexibility index (Phi) is 4.49. The van der Waals surface area contributed by atoms with E-state index in [1.165, 1.54) is 0 Å². The first-order chi connectivity index (χ1) is 10.5. The van der Waals surface area contributed by atoms with Crippen LogP contribution in [0.3, 0.4) is 0 Å². The largest absolute Gasteiger partial charge is 0.354 e. The zero-order valence-electron chi connectivity index (χ0n) is 13.4. The van der Waals surface area contributed by atoms with Crippen molar-refractivity contribution in [2.75, 3.05) is 19.6 Å². The minimum absolute atomic E-state index is 0.0487. The van der Waals surface area contributed by atoms with E-state index in [4.69, 9.17) is 5.73 Å². The number of aromatic nitrogens is 2. The smallest absolute Gasteiger partial charge is 0.240 e. The number of H-pyrrole nitrogens is 1. The number of nitrogens with one attached hydrogen (secondary N) is 2. The van der Waals surface area contributed by atoms with Crippen molar-refractivity contribution < 1.29 is 4.79 Å². The van der Waals surface area contributed by atoms with E-state index in [2.05, 4.69) is 20.2 Å². The summed E-state index contributed by atoms with van der Waals surface area (Å²) in [4.78, 5) is 22.2. The topological polar surface area (TPSA) is 87.0 Å². The van der Waals surface area contributed by atoms with Crippen LogP contribution < -0.4 is 11.1 Å². The van der Waals surface area contributed by atoms with Gasteiger partial charge in [-0.3, -0.25) is 9.69 Å². The van der Waals surface area contributed by atoms with Crippen molar-refractivity contribution in [3.05, 3.63) is 17.7 Å². The van der Waals surface area contributed by atoms with E-state index in [9.17, 15) is 4.79 Å². The average molecular weight is 305 g/mol. The molecule has 1 aliphatic carbocycles. The molecule has 1 aromatic heterocycles. The minimum atomic E-state index is -0.605. The Balaban J connectivity index is 1.42. The normalized spacial score (nSPS) is 24.7. The second-order valence-corrected chi connectivity index (χ2v) is 6.96. The SMILES string of the molecule is Cc1ncc(CN2CCC(CNC(=O)C3(N)CCCC3)C2)[nH]1. The lowest BCUT2D eigenvalue weighted by atomic mass is 9.97. The van der Waals surface area contributed by atoms with E-state index in [0.29, 0.717) is 5.92 Å². The third-order valence-electron chi connectivity index (χ3n) is 5.02. The molecule has 1 unspecified atom stereocenters. The van der Waals surface area contributed by atoms with E-state index < -0.39 is 5.54 Å². The molecule has 3 rings (SSSR count). The van der Waals surface area contributed by atoms with Crippen molar-refractivity contribution in [3.63, 3.8) is 0 Å². The molecular weight excluding hydrogens is 278 g/mol. The Bertz CT molecular complexity index is 520. The molecule has 0 radical (unpaired) electrons. The van der Waals surface area contributed by atoms with Gasteiger partial charge in [-0.2, -0.15) is 0 Å². The summed E-state index contributed by atoms with van der Waals surface area (Å²) >= 11 is 0. The molecule has 0 aromatic carbocycles. The molecule has 1 saturated heterocycles. The first-order valence-electron chi connectivity index (χ1n) is 8.35. The van der Waals surface area contributed by atoms with Crippen LogP contribution in [0.2, 0.25) is 0 Å². The number of carbonyl (C=O) groups excluding carboxylic acids is 1. The van der Waals surface area contributed by atoms with Crippen LogP contribution in [0.1, 0.15) is 43.6 Å². The number of aryl methyl sites for hydroxylation is 1. The molecule has 4 N–H and O–H groups in total. The third kappa shape index (κ3) is 3.50. The van der Waals surface area contributed by atoms with Crippen molar-refractivity contribution in [2.45, 2.75) is 51.1 Å². The second kappa shape index (κ2) is 6.38. The molecule has 1 aromatic rings. The number of imidazole rings is 1. The van der Waals surface area contributed by atoms with Crippen LogP contribution in [-0.4, -0.2) is 45.9 Å². The van der Waals surface area contributed by atoms with Gasteiger partial charge < -0.3 is 16.0 Å². The van der Waals surface area contributed by atoms with Crippen LogP contribution in [0.5, 0.6) is 0 Å². The lowest BCUT2D eigenvalue weighted by molar-refractivity contribution is -0.126. The van der Waals surface area contributed by atoms with Gasteiger partial charge in [0.25, 0.3) is 0 Å². The Morgan fingerprint density at radius 2 is 2.32 bits per heavy atom. The van der Waals surface area contributed by atoms with Crippen molar-refractivity contribution in [2.24, 2.45) is 11.7 Å². The summed E-state index contributed by atoms with van der Waals surface area (Å²) in [6.07, 6.45) is 6.84. The highest BCUT2D eigenvalue weighted by Crippen LogP contribution is 2.27. The van der Waals surface area contributed by atoms with Crippen LogP contribution >= 0.6 is 0 Å². The standard InChI is InChI=1S/C16H27N5O/c1-12-18-9-14(20-12)11-21-7-4-13(10-21)8-19-15(22)16(17)5-2-3-6-16/h9,13H,2-8,10-11,17H2,1H3,(H,18,20)(H,19,22). The second-order valence-electron chi connectivity index (χ2n) is 6.96. The number of hydrogen-bond acceptors (Lipinski definition) is 4. The molecule has 0 spiro atoms. The van der Waals surface area contributed by atoms with Crippen LogP contribution in [0.25, 0.3) is 0 Å². The Labute approximate surface area is 131 Å². The highest BCUT2D eigenvalue weighted by Gasteiger charge is 2.37. The Morgan fingerprint density at radius 3 is 3.00 bits per heavy atom. The van der Waals surface area contributed by atoms with Gasteiger partial charge in [-0.1, -0.05) is 12.8 Å². The van der Waals surface area contributed by atoms with Gasteiger partial charge in [0.05, 0.1) is 5.54 Å². The molecule has 2 heterocycles. The van der Waals surface area contributed by atoms with Gasteiger partial charge in [-0.15, -0.1) is 0 Å². The van der Waals surface area contributed by atoms with Crippen molar-refractivity contribution >= 4 is 5.91 Å². The van der Waals surface area contributed by atoms with E-state index >= 15 is 0 Å². The molecule has 1 aliphatic heterocycles. The summed E-state index contributed by atoms with van der Waals surface area (Å²) in [5.41, 5.74) is 6.74. The van der Waals surface area contributed by atoms with Gasteiger partial charge in [0, 0.05) is 31.5 Å². The van der Waals surface area contributed by atoms with E-state index in [1.54, 1.807) is 0 Å². The highest BCUT2D eigenvalue weighted by atomic mass is 16.2. The lowest BCUT2D eigenvalue weighted by Gasteiger charge is -2.23. The summed E-state index contributed by atoms with van der Waals surface area (Å²) in [6, 6.07) is 0. The average Bonchev–Trinajstić information content (AvgIpc) is 3.20. The number of carbonyl (C=O) groups is 1. The van der Waals surface area contributed by atoms with Gasteiger partial charge >= 0.3 is 0 Å². The molecule has 1 saturated carbocycles. The van der Waals surface area contributed by atoms with Crippen molar-refractivity contribution in [1.29, 1.82) is 0 Å². The van der Waals surface area contributed by atoms with Crippen LogP contribution in [-0.2, 0) is 11.3 Å². The molecular formula is C16H27N5O. The molecule has 122 valence electrons. The summed E-state index contributed by atoms with van der Waals surface area (Å²) in [5.74, 6) is 1.54. The third-order valence-corrected chi connectivity index (χ3v) is 5.02. The minimum Gasteiger partial charge on any atom is -0.354 e. The van der Waals surface area contributed by atoms with Gasteiger partial charge in [-0.05, 0) is 38.6 Å². The van der Waals surface area contributed by atoms with Crippen LogP contribution in [0.4, 0.5) is 0 Å². The molecule has 0 bridgehead atoms. The highest BCUT2D eigenvalue weighted by molar-refractivity contribution is 5.86. The number of hydrogen-bond donors (Lipinski definition) is 3. The predicted octanol–water partition coefficient (Wildman–Crippen LogP) is 0.928. The number of rotatable bonds is 5. The molecule has 6 heteroatoms. The summed E-state index contributed by atoms with van der Waals surface area (Å²) in [5, 5.41) is 3.08. The van der Waals surface area contributed by atoms with Crippen molar-refractivity contribution in [3.8, 4) is 0 Å². The van der Waals surface area contributed by atoms with Crippen LogP contribution in [0.15, 0.2) is 6.20 Å². The number of aromatic amines is 1. The molecule has 1 amide bonds. The van der Waals surface area contributed by atoms with Gasteiger partial charge in [0.15, 0.2) is 0 Å². The quantitative estimate of drug-likeness (QED) is 0.755. The molecule has 6 nitrogen and oxygen atoms in total. The van der Waals surface area contributed by atoms with E-state index in [0.717, 1.165) is 69.8 Å². The van der Waals surface area contributed by atoms with Crippen LogP contribution in [0, 0.1) is 12.8 Å². The summed E-state index contributed by atoms with van der Waals surface area (Å²) in [7, 11) is 0. The van der Waals surface area contributed by atoms with E-state index in [-0.39, 0.29) is 5.91 Å². The predicted molar refractivity (Wildman–Crippen MR) is 85.1 cm³/mol. The summed E-state index contributed by atoms with van der Waals surface area (Å²) < 4.78 is 0. The first kappa shape index (κ1) is 15.5. The lowest BCUT2D eigenvalue weighted by Crippen LogP contribution is -2.52. The molecule has 2 aliphatic rings.